The van der Waals surface area contributed by atoms with Gasteiger partial charge in [-0.25, -0.2) is 5.48 Å². The van der Waals surface area contributed by atoms with Gasteiger partial charge in [0.2, 0.25) is 0 Å². The van der Waals surface area contributed by atoms with Gasteiger partial charge in [0.1, 0.15) is 0 Å². The number of amides is 2. The molecule has 0 unspecified atom stereocenters. The first-order valence-corrected chi connectivity index (χ1v) is 9.65. The lowest BCUT2D eigenvalue weighted by molar-refractivity contribution is -0.124. The van der Waals surface area contributed by atoms with E-state index in [4.69, 9.17) is 5.21 Å². The van der Waals surface area contributed by atoms with Crippen molar-refractivity contribution in [3.8, 4) is 0 Å². The van der Waals surface area contributed by atoms with Crippen LogP contribution in [0.4, 0.5) is 11.4 Å². The Morgan fingerprint density at radius 1 is 1.07 bits per heavy atom. The highest BCUT2D eigenvalue weighted by Crippen LogP contribution is 2.25. The molecule has 0 saturated carbocycles. The molecule has 29 heavy (non-hydrogen) atoms. The summed E-state index contributed by atoms with van der Waals surface area (Å²) in [6.45, 7) is 1.61. The molecule has 1 saturated heterocycles. The van der Waals surface area contributed by atoms with Crippen molar-refractivity contribution < 1.29 is 14.8 Å². The number of hydroxylamine groups is 1. The van der Waals surface area contributed by atoms with Crippen LogP contribution < -0.4 is 21.0 Å². The Hall–Kier alpha value is -3.32. The molecule has 7 nitrogen and oxygen atoms in total. The summed E-state index contributed by atoms with van der Waals surface area (Å²) in [5.41, 5.74) is 5.16. The molecule has 7 heteroatoms. The molecule has 4 N–H and O–H groups in total. The van der Waals surface area contributed by atoms with Crippen LogP contribution in [-0.2, 0) is 4.79 Å². The van der Waals surface area contributed by atoms with Gasteiger partial charge in [0.25, 0.3) is 11.8 Å². The molecule has 0 radical (unpaired) electrons. The number of nitrogens with one attached hydrogen (secondary N) is 3. The van der Waals surface area contributed by atoms with Crippen molar-refractivity contribution in [3.63, 3.8) is 0 Å². The van der Waals surface area contributed by atoms with Gasteiger partial charge in [-0.2, -0.15) is 0 Å². The quantitative estimate of drug-likeness (QED) is 0.343. The van der Waals surface area contributed by atoms with Crippen LogP contribution in [0.15, 0.2) is 54.6 Å². The van der Waals surface area contributed by atoms with Crippen LogP contribution in [0.5, 0.6) is 0 Å². The molecule has 3 rings (SSSR count). The maximum absolute atomic E-state index is 12.5. The van der Waals surface area contributed by atoms with E-state index in [1.807, 2.05) is 55.6 Å². The lowest BCUT2D eigenvalue weighted by Crippen LogP contribution is -2.44. The van der Waals surface area contributed by atoms with Gasteiger partial charge in [-0.3, -0.25) is 14.8 Å². The van der Waals surface area contributed by atoms with Crippen molar-refractivity contribution in [1.29, 1.82) is 0 Å². The lowest BCUT2D eigenvalue weighted by atomic mass is 10.0. The number of benzene rings is 2. The van der Waals surface area contributed by atoms with E-state index >= 15 is 0 Å². The highest BCUT2D eigenvalue weighted by atomic mass is 16.5. The molecule has 1 aliphatic rings. The molecular weight excluding hydrogens is 368 g/mol. The van der Waals surface area contributed by atoms with Crippen molar-refractivity contribution in [2.24, 2.45) is 0 Å². The molecule has 0 aromatic heterocycles. The largest absolute Gasteiger partial charge is 0.388 e. The van der Waals surface area contributed by atoms with Gasteiger partial charge in [0.15, 0.2) is 0 Å². The second kappa shape index (κ2) is 9.75. The molecule has 2 aromatic carbocycles. The fourth-order valence-corrected chi connectivity index (χ4v) is 3.44. The van der Waals surface area contributed by atoms with Crippen molar-refractivity contribution in [1.82, 2.24) is 10.8 Å². The summed E-state index contributed by atoms with van der Waals surface area (Å²) in [6.07, 6.45) is 4.67. The van der Waals surface area contributed by atoms with Crippen LogP contribution >= 0.6 is 0 Å². The number of carbonyl (C=O) groups excluding carboxylic acids is 2. The van der Waals surface area contributed by atoms with Gasteiger partial charge in [-0.15, -0.1) is 0 Å². The molecule has 2 aromatic rings. The van der Waals surface area contributed by atoms with Crippen LogP contribution in [0.1, 0.15) is 28.8 Å². The Morgan fingerprint density at radius 2 is 1.76 bits per heavy atom. The standard InChI is InChI=1S/C22H26N4O3/c1-23-18-9-6-17(7-10-18)22(28)24-19-12-14-26(15-13-19)20-5-3-2-4-16(20)8-11-21(27)25-29/h2-11,19,23,29H,12-15H2,1H3,(H,24,28)(H,25,27). The molecule has 2 amide bonds. The van der Waals surface area contributed by atoms with Gasteiger partial charge in [0, 0.05) is 49.2 Å². The zero-order valence-electron chi connectivity index (χ0n) is 16.4. The van der Waals surface area contributed by atoms with Crippen LogP contribution in [0.3, 0.4) is 0 Å². The molecule has 1 fully saturated rings. The Bertz CT molecular complexity index is 872. The normalized spacial score (nSPS) is 14.6. The van der Waals surface area contributed by atoms with E-state index in [1.165, 1.54) is 6.08 Å². The predicted octanol–water partition coefficient (Wildman–Crippen LogP) is 2.65. The molecule has 1 aliphatic heterocycles. The average molecular weight is 394 g/mol. The first-order chi connectivity index (χ1) is 14.1. The van der Waals surface area contributed by atoms with E-state index < -0.39 is 5.91 Å². The number of carbonyl (C=O) groups is 2. The van der Waals surface area contributed by atoms with E-state index in [0.29, 0.717) is 5.56 Å². The van der Waals surface area contributed by atoms with Gasteiger partial charge in [-0.05, 0) is 54.8 Å². The van der Waals surface area contributed by atoms with E-state index in [-0.39, 0.29) is 11.9 Å². The topological polar surface area (TPSA) is 93.7 Å². The third-order valence-corrected chi connectivity index (χ3v) is 5.07. The Labute approximate surface area is 170 Å². The monoisotopic (exact) mass is 394 g/mol. The molecule has 0 spiro atoms. The fourth-order valence-electron chi connectivity index (χ4n) is 3.44. The van der Waals surface area contributed by atoms with Gasteiger partial charge in [-0.1, -0.05) is 18.2 Å². The summed E-state index contributed by atoms with van der Waals surface area (Å²) in [5, 5.41) is 14.8. The van der Waals surface area contributed by atoms with Crippen LogP contribution in [0.2, 0.25) is 0 Å². The van der Waals surface area contributed by atoms with Gasteiger partial charge >= 0.3 is 0 Å². The number of para-hydroxylation sites is 1. The predicted molar refractivity (Wildman–Crippen MR) is 114 cm³/mol. The Kier molecular flexibility index (Phi) is 6.86. The Morgan fingerprint density at radius 3 is 2.41 bits per heavy atom. The molecule has 152 valence electrons. The highest BCUT2D eigenvalue weighted by Gasteiger charge is 2.22. The maximum Gasteiger partial charge on any atom is 0.267 e. The summed E-state index contributed by atoms with van der Waals surface area (Å²) in [7, 11) is 1.85. The number of rotatable bonds is 6. The zero-order chi connectivity index (χ0) is 20.6. The SMILES string of the molecule is CNc1ccc(C(=O)NC2CCN(c3ccccc3C=CC(=O)NO)CC2)cc1. The second-order valence-electron chi connectivity index (χ2n) is 6.93. The van der Waals surface area contributed by atoms with Crippen molar-refractivity contribution in [2.45, 2.75) is 18.9 Å². The number of hydrogen-bond acceptors (Lipinski definition) is 5. The molecule has 0 atom stereocenters. The number of hydrogen-bond donors (Lipinski definition) is 4. The average Bonchev–Trinajstić information content (AvgIpc) is 2.78. The molecule has 0 aliphatic carbocycles. The minimum Gasteiger partial charge on any atom is -0.388 e. The molecule has 1 heterocycles. The molecule has 0 bridgehead atoms. The van der Waals surface area contributed by atoms with Crippen molar-refractivity contribution >= 4 is 29.3 Å². The van der Waals surface area contributed by atoms with Crippen molar-refractivity contribution in [2.75, 3.05) is 30.4 Å². The molecular formula is C22H26N4O3. The summed E-state index contributed by atoms with van der Waals surface area (Å²) in [5.74, 6) is -0.617. The smallest absolute Gasteiger partial charge is 0.267 e. The third-order valence-electron chi connectivity index (χ3n) is 5.07. The lowest BCUT2D eigenvalue weighted by Gasteiger charge is -2.34. The minimum atomic E-state index is -0.566. The van der Waals surface area contributed by atoms with Crippen LogP contribution in [0.25, 0.3) is 6.08 Å². The number of nitrogens with zero attached hydrogens (tertiary/aromatic N) is 1. The van der Waals surface area contributed by atoms with Crippen LogP contribution in [-0.4, -0.2) is 43.2 Å². The van der Waals surface area contributed by atoms with E-state index in [1.54, 1.807) is 11.6 Å². The summed E-state index contributed by atoms with van der Waals surface area (Å²) in [6, 6.07) is 15.4. The van der Waals surface area contributed by atoms with E-state index in [0.717, 1.165) is 42.9 Å². The highest BCUT2D eigenvalue weighted by molar-refractivity contribution is 5.94. The van der Waals surface area contributed by atoms with Crippen LogP contribution in [0, 0.1) is 0 Å². The first-order valence-electron chi connectivity index (χ1n) is 9.65. The minimum absolute atomic E-state index is 0.0514. The Balaban J connectivity index is 1.58. The summed E-state index contributed by atoms with van der Waals surface area (Å²) >= 11 is 0. The third kappa shape index (κ3) is 5.36. The summed E-state index contributed by atoms with van der Waals surface area (Å²) < 4.78 is 0. The maximum atomic E-state index is 12.5. The fraction of sp³-hybridized carbons (Fsp3) is 0.273. The second-order valence-corrected chi connectivity index (χ2v) is 6.93. The van der Waals surface area contributed by atoms with E-state index in [2.05, 4.69) is 15.5 Å². The zero-order valence-corrected chi connectivity index (χ0v) is 16.4. The van der Waals surface area contributed by atoms with Crippen molar-refractivity contribution in [3.05, 3.63) is 65.7 Å². The van der Waals surface area contributed by atoms with Gasteiger partial charge in [0.05, 0.1) is 0 Å². The number of piperidine rings is 1. The summed E-state index contributed by atoms with van der Waals surface area (Å²) in [4.78, 5) is 26.0. The number of anilines is 2. The van der Waals surface area contributed by atoms with Gasteiger partial charge < -0.3 is 15.5 Å². The van der Waals surface area contributed by atoms with E-state index in [9.17, 15) is 9.59 Å². The first kappa shape index (κ1) is 20.4.